The Balaban J connectivity index is 2.28. The summed E-state index contributed by atoms with van der Waals surface area (Å²) in [6.45, 7) is 0.109. The van der Waals surface area contributed by atoms with Crippen LogP contribution in [-0.4, -0.2) is 45.1 Å². The van der Waals surface area contributed by atoms with E-state index in [1.807, 2.05) is 0 Å². The first-order chi connectivity index (χ1) is 8.40. The van der Waals surface area contributed by atoms with E-state index >= 15 is 0 Å². The standard InChI is InChI=1S/C11H16N4O3/c1-14-4-6(12)2-9(14)11(18)15-5-7(16)3-8(15)10(13)17/h2,4,7-8,16H,3,5,12H2,1H3,(H2,13,17). The molecular formula is C11H16N4O3. The Hall–Kier alpha value is -2.02. The molecule has 5 N–H and O–H groups in total. The van der Waals surface area contributed by atoms with E-state index in [0.717, 1.165) is 0 Å². The SMILES string of the molecule is Cn1cc(N)cc1C(=O)N1CC(O)CC1C(N)=O. The Bertz CT molecular complexity index is 496. The molecule has 2 heterocycles. The lowest BCUT2D eigenvalue weighted by molar-refractivity contribution is -0.121. The number of anilines is 1. The van der Waals surface area contributed by atoms with Crippen LogP contribution in [0.15, 0.2) is 12.3 Å². The van der Waals surface area contributed by atoms with Crippen molar-refractivity contribution in [1.29, 1.82) is 0 Å². The maximum absolute atomic E-state index is 12.3. The summed E-state index contributed by atoms with van der Waals surface area (Å²) < 4.78 is 1.58. The van der Waals surface area contributed by atoms with Crippen molar-refractivity contribution in [2.45, 2.75) is 18.6 Å². The first-order valence-electron chi connectivity index (χ1n) is 5.60. The summed E-state index contributed by atoms with van der Waals surface area (Å²) in [6, 6.07) is 0.772. The maximum atomic E-state index is 12.3. The molecule has 1 saturated heterocycles. The lowest BCUT2D eigenvalue weighted by atomic mass is 10.2. The zero-order valence-electron chi connectivity index (χ0n) is 10.0. The van der Waals surface area contributed by atoms with E-state index in [1.54, 1.807) is 17.8 Å². The van der Waals surface area contributed by atoms with Crippen molar-refractivity contribution in [3.8, 4) is 0 Å². The predicted molar refractivity (Wildman–Crippen MR) is 64.5 cm³/mol. The van der Waals surface area contributed by atoms with E-state index in [2.05, 4.69) is 0 Å². The third kappa shape index (κ3) is 2.04. The number of carbonyl (C=O) groups is 2. The van der Waals surface area contributed by atoms with E-state index in [0.29, 0.717) is 11.4 Å². The molecule has 7 heteroatoms. The molecule has 1 fully saturated rings. The van der Waals surface area contributed by atoms with Crippen molar-refractivity contribution in [3.05, 3.63) is 18.0 Å². The lowest BCUT2D eigenvalue weighted by Crippen LogP contribution is -2.44. The van der Waals surface area contributed by atoms with Gasteiger partial charge in [0.1, 0.15) is 11.7 Å². The topological polar surface area (TPSA) is 115 Å². The second-order valence-corrected chi connectivity index (χ2v) is 4.53. The van der Waals surface area contributed by atoms with Crippen molar-refractivity contribution in [1.82, 2.24) is 9.47 Å². The Morgan fingerprint density at radius 1 is 1.50 bits per heavy atom. The first kappa shape index (κ1) is 12.4. The number of aliphatic hydroxyl groups excluding tert-OH is 1. The van der Waals surface area contributed by atoms with E-state index in [1.165, 1.54) is 11.0 Å². The molecular weight excluding hydrogens is 236 g/mol. The molecule has 0 saturated carbocycles. The van der Waals surface area contributed by atoms with E-state index in [-0.39, 0.29) is 18.9 Å². The molecule has 0 bridgehead atoms. The molecule has 0 aromatic carbocycles. The highest BCUT2D eigenvalue weighted by atomic mass is 16.3. The smallest absolute Gasteiger partial charge is 0.271 e. The molecule has 2 atom stereocenters. The van der Waals surface area contributed by atoms with Gasteiger partial charge in [-0.15, -0.1) is 0 Å². The van der Waals surface area contributed by atoms with Crippen molar-refractivity contribution in [2.75, 3.05) is 12.3 Å². The highest BCUT2D eigenvalue weighted by Gasteiger charge is 2.38. The Morgan fingerprint density at radius 2 is 2.17 bits per heavy atom. The highest BCUT2D eigenvalue weighted by molar-refractivity contribution is 5.97. The molecule has 0 spiro atoms. The van der Waals surface area contributed by atoms with Crippen molar-refractivity contribution in [2.24, 2.45) is 12.8 Å². The number of primary amides is 1. The number of nitrogens with two attached hydrogens (primary N) is 2. The molecule has 2 unspecified atom stereocenters. The number of hydrogen-bond donors (Lipinski definition) is 3. The van der Waals surface area contributed by atoms with Crippen LogP contribution in [0, 0.1) is 0 Å². The first-order valence-corrected chi connectivity index (χ1v) is 5.60. The van der Waals surface area contributed by atoms with Crippen LogP contribution in [0.3, 0.4) is 0 Å². The lowest BCUT2D eigenvalue weighted by Gasteiger charge is -2.21. The molecule has 18 heavy (non-hydrogen) atoms. The molecule has 0 radical (unpaired) electrons. The largest absolute Gasteiger partial charge is 0.397 e. The molecule has 0 aliphatic carbocycles. The van der Waals surface area contributed by atoms with Crippen LogP contribution in [0.2, 0.25) is 0 Å². The minimum Gasteiger partial charge on any atom is -0.397 e. The highest BCUT2D eigenvalue weighted by Crippen LogP contribution is 2.21. The fourth-order valence-electron chi connectivity index (χ4n) is 2.26. The minimum atomic E-state index is -0.761. The van der Waals surface area contributed by atoms with Gasteiger partial charge in [0.05, 0.1) is 11.8 Å². The fourth-order valence-corrected chi connectivity index (χ4v) is 2.26. The number of aliphatic hydroxyl groups is 1. The van der Waals surface area contributed by atoms with Gasteiger partial charge in [0.2, 0.25) is 5.91 Å². The van der Waals surface area contributed by atoms with Crippen LogP contribution < -0.4 is 11.5 Å². The van der Waals surface area contributed by atoms with Gasteiger partial charge in [0.25, 0.3) is 5.91 Å². The normalized spacial score (nSPS) is 23.3. The van der Waals surface area contributed by atoms with Gasteiger partial charge in [-0.05, 0) is 6.07 Å². The van der Waals surface area contributed by atoms with E-state index < -0.39 is 18.1 Å². The molecule has 1 aromatic rings. The molecule has 98 valence electrons. The van der Waals surface area contributed by atoms with Gasteiger partial charge in [-0.2, -0.15) is 0 Å². The number of nitrogens with zero attached hydrogens (tertiary/aromatic N) is 2. The van der Waals surface area contributed by atoms with Crippen LogP contribution in [0.5, 0.6) is 0 Å². The number of amides is 2. The van der Waals surface area contributed by atoms with Gasteiger partial charge < -0.3 is 26.0 Å². The number of aryl methyl sites for hydroxylation is 1. The van der Waals surface area contributed by atoms with Gasteiger partial charge in [0, 0.05) is 26.2 Å². The van der Waals surface area contributed by atoms with Gasteiger partial charge >= 0.3 is 0 Å². The predicted octanol–water partition coefficient (Wildman–Crippen LogP) is -1.33. The quantitative estimate of drug-likeness (QED) is 0.604. The number of carbonyl (C=O) groups excluding carboxylic acids is 2. The molecule has 1 aromatic heterocycles. The third-order valence-electron chi connectivity index (χ3n) is 3.11. The summed E-state index contributed by atoms with van der Waals surface area (Å²) in [5, 5.41) is 9.56. The number of likely N-dealkylation sites (tertiary alicyclic amines) is 1. The number of nitrogen functional groups attached to an aromatic ring is 1. The van der Waals surface area contributed by atoms with E-state index in [4.69, 9.17) is 11.5 Å². The van der Waals surface area contributed by atoms with Gasteiger partial charge in [-0.25, -0.2) is 0 Å². The Labute approximate surface area is 104 Å². The van der Waals surface area contributed by atoms with Gasteiger partial charge in [0.15, 0.2) is 0 Å². The van der Waals surface area contributed by atoms with Crippen molar-refractivity contribution >= 4 is 17.5 Å². The van der Waals surface area contributed by atoms with Crippen LogP contribution in [0.4, 0.5) is 5.69 Å². The molecule has 2 amide bonds. The summed E-state index contributed by atoms with van der Waals surface area (Å²) in [5.41, 5.74) is 11.7. The van der Waals surface area contributed by atoms with Crippen LogP contribution in [0.25, 0.3) is 0 Å². The zero-order chi connectivity index (χ0) is 13.4. The summed E-state index contributed by atoms with van der Waals surface area (Å²) in [4.78, 5) is 24.8. The summed E-state index contributed by atoms with van der Waals surface area (Å²) in [7, 11) is 1.69. The number of hydrogen-bond acceptors (Lipinski definition) is 4. The number of rotatable bonds is 2. The van der Waals surface area contributed by atoms with Crippen LogP contribution in [0.1, 0.15) is 16.9 Å². The number of β-amino-alcohol motifs (C(OH)–C–C–N with tert-alkyl or cyclic N) is 1. The fraction of sp³-hybridized carbons (Fsp3) is 0.455. The minimum absolute atomic E-state index is 0.109. The van der Waals surface area contributed by atoms with Crippen molar-refractivity contribution < 1.29 is 14.7 Å². The van der Waals surface area contributed by atoms with E-state index in [9.17, 15) is 14.7 Å². The molecule has 7 nitrogen and oxygen atoms in total. The van der Waals surface area contributed by atoms with Crippen LogP contribution in [-0.2, 0) is 11.8 Å². The second kappa shape index (κ2) is 4.34. The summed E-state index contributed by atoms with van der Waals surface area (Å²) >= 11 is 0. The number of aromatic nitrogens is 1. The summed E-state index contributed by atoms with van der Waals surface area (Å²) in [5.74, 6) is -0.961. The average Bonchev–Trinajstić information content (AvgIpc) is 2.81. The Kier molecular flexibility index (Phi) is 3.00. The zero-order valence-corrected chi connectivity index (χ0v) is 10.0. The maximum Gasteiger partial charge on any atom is 0.271 e. The van der Waals surface area contributed by atoms with Gasteiger partial charge in [-0.3, -0.25) is 9.59 Å². The monoisotopic (exact) mass is 252 g/mol. The second-order valence-electron chi connectivity index (χ2n) is 4.53. The van der Waals surface area contributed by atoms with Crippen LogP contribution >= 0.6 is 0 Å². The third-order valence-corrected chi connectivity index (χ3v) is 3.11. The Morgan fingerprint density at radius 3 is 2.67 bits per heavy atom. The molecule has 1 aliphatic rings. The molecule has 2 rings (SSSR count). The molecule has 1 aliphatic heterocycles. The average molecular weight is 252 g/mol. The van der Waals surface area contributed by atoms with Gasteiger partial charge in [-0.1, -0.05) is 0 Å². The van der Waals surface area contributed by atoms with Crippen molar-refractivity contribution in [3.63, 3.8) is 0 Å². The summed E-state index contributed by atoms with van der Waals surface area (Å²) in [6.07, 6.45) is 1.07.